The molecule has 0 radical (unpaired) electrons. The second-order valence-corrected chi connectivity index (χ2v) is 4.59. The highest BCUT2D eigenvalue weighted by Gasteiger charge is 2.13. The number of fused-ring (bicyclic) bond motifs is 1. The Bertz CT molecular complexity index is 623. The number of carbonyl (C=O) groups excluding carboxylic acids is 2. The lowest BCUT2D eigenvalue weighted by Crippen LogP contribution is -2.38. The second-order valence-electron chi connectivity index (χ2n) is 3.94. The van der Waals surface area contributed by atoms with Crippen molar-refractivity contribution in [2.75, 3.05) is 5.32 Å². The fraction of sp³-hybridized carbons (Fsp3) is 0.154. The van der Waals surface area contributed by atoms with Gasteiger partial charge in [0.1, 0.15) is 5.38 Å². The molecule has 2 rings (SSSR count). The molecule has 0 aliphatic rings. The fourth-order valence-corrected chi connectivity index (χ4v) is 1.63. The third-order valence-electron chi connectivity index (χ3n) is 2.49. The van der Waals surface area contributed by atoms with Gasteiger partial charge in [-0.25, -0.2) is 4.79 Å². The molecule has 6 heteroatoms. The van der Waals surface area contributed by atoms with Gasteiger partial charge < -0.3 is 5.32 Å². The number of pyridine rings is 1. The number of alkyl halides is 1. The van der Waals surface area contributed by atoms with Crippen LogP contribution < -0.4 is 10.6 Å². The molecule has 0 spiro atoms. The molecule has 1 atom stereocenters. The van der Waals surface area contributed by atoms with Crippen molar-refractivity contribution in [2.45, 2.75) is 12.3 Å². The van der Waals surface area contributed by atoms with Gasteiger partial charge in [0.25, 0.3) is 0 Å². The maximum absolute atomic E-state index is 11.6. The van der Waals surface area contributed by atoms with E-state index in [1.165, 1.54) is 6.92 Å². The van der Waals surface area contributed by atoms with Crippen LogP contribution in [0.3, 0.4) is 0 Å². The summed E-state index contributed by atoms with van der Waals surface area (Å²) in [6, 6.07) is 8.34. The van der Waals surface area contributed by atoms with E-state index in [1.54, 1.807) is 24.4 Å². The van der Waals surface area contributed by atoms with E-state index < -0.39 is 17.3 Å². The number of halogens is 1. The summed E-state index contributed by atoms with van der Waals surface area (Å²) in [7, 11) is 0. The molecule has 0 saturated heterocycles. The van der Waals surface area contributed by atoms with Crippen molar-refractivity contribution < 1.29 is 9.59 Å². The fourth-order valence-electron chi connectivity index (χ4n) is 1.58. The molecule has 98 valence electrons. The first-order valence-corrected chi connectivity index (χ1v) is 6.11. The van der Waals surface area contributed by atoms with Gasteiger partial charge in [-0.05, 0) is 31.2 Å². The van der Waals surface area contributed by atoms with Crippen LogP contribution in [0.5, 0.6) is 0 Å². The highest BCUT2D eigenvalue weighted by molar-refractivity contribution is 6.31. The molecule has 1 aromatic carbocycles. The average Bonchev–Trinajstić information content (AvgIpc) is 2.39. The number of anilines is 1. The van der Waals surface area contributed by atoms with Crippen LogP contribution >= 0.6 is 11.6 Å². The zero-order chi connectivity index (χ0) is 13.8. The zero-order valence-corrected chi connectivity index (χ0v) is 10.9. The summed E-state index contributed by atoms with van der Waals surface area (Å²) < 4.78 is 0. The first-order valence-electron chi connectivity index (χ1n) is 5.67. The minimum Gasteiger partial charge on any atom is -0.307 e. The second kappa shape index (κ2) is 5.67. The number of aromatic nitrogens is 1. The maximum Gasteiger partial charge on any atom is 0.325 e. The van der Waals surface area contributed by atoms with Crippen LogP contribution in [0.15, 0.2) is 36.5 Å². The third-order valence-corrected chi connectivity index (χ3v) is 2.69. The topological polar surface area (TPSA) is 71.1 Å². The molecule has 2 aromatic rings. The molecule has 1 aromatic heterocycles. The van der Waals surface area contributed by atoms with Crippen molar-refractivity contribution in [3.63, 3.8) is 0 Å². The van der Waals surface area contributed by atoms with Crippen molar-refractivity contribution in [3.05, 3.63) is 36.5 Å². The summed E-state index contributed by atoms with van der Waals surface area (Å²) in [5.41, 5.74) is 1.34. The van der Waals surface area contributed by atoms with Crippen LogP contribution in [0.2, 0.25) is 0 Å². The minimum absolute atomic E-state index is 0.544. The first-order chi connectivity index (χ1) is 9.08. The van der Waals surface area contributed by atoms with Gasteiger partial charge in [0.15, 0.2) is 0 Å². The number of nitrogens with zero attached hydrogens (tertiary/aromatic N) is 1. The molecule has 1 heterocycles. The van der Waals surface area contributed by atoms with Gasteiger partial charge in [-0.3, -0.25) is 15.1 Å². The molecule has 19 heavy (non-hydrogen) atoms. The number of amides is 3. The SMILES string of the molecule is CC(Cl)C(=O)NC(=O)Nc1cccc2ncccc12. The number of urea groups is 1. The lowest BCUT2D eigenvalue weighted by Gasteiger charge is -2.09. The molecule has 0 bridgehead atoms. The van der Waals surface area contributed by atoms with Crippen LogP contribution in [0.25, 0.3) is 10.9 Å². The van der Waals surface area contributed by atoms with E-state index in [0.717, 1.165) is 10.9 Å². The van der Waals surface area contributed by atoms with Crippen LogP contribution in [0.1, 0.15) is 6.92 Å². The average molecular weight is 278 g/mol. The Labute approximate surface area is 115 Å². The Balaban J connectivity index is 2.18. The minimum atomic E-state index is -0.764. The number of carbonyl (C=O) groups is 2. The molecule has 0 saturated carbocycles. The predicted molar refractivity (Wildman–Crippen MR) is 74.2 cm³/mol. The Morgan fingerprint density at radius 3 is 2.79 bits per heavy atom. The van der Waals surface area contributed by atoms with E-state index in [2.05, 4.69) is 15.6 Å². The van der Waals surface area contributed by atoms with Gasteiger partial charge in [0, 0.05) is 11.6 Å². The van der Waals surface area contributed by atoms with Gasteiger partial charge in [0.05, 0.1) is 11.2 Å². The van der Waals surface area contributed by atoms with E-state index in [1.807, 2.05) is 12.1 Å². The highest BCUT2D eigenvalue weighted by Crippen LogP contribution is 2.20. The van der Waals surface area contributed by atoms with Crippen molar-refractivity contribution in [1.29, 1.82) is 0 Å². The van der Waals surface area contributed by atoms with Gasteiger partial charge in [0.2, 0.25) is 5.91 Å². The highest BCUT2D eigenvalue weighted by atomic mass is 35.5. The molecule has 2 N–H and O–H groups in total. The molecule has 1 unspecified atom stereocenters. The number of nitrogens with one attached hydrogen (secondary N) is 2. The normalized spacial score (nSPS) is 11.9. The summed E-state index contributed by atoms with van der Waals surface area (Å²) in [6.45, 7) is 1.49. The van der Waals surface area contributed by atoms with Gasteiger partial charge in [-0.1, -0.05) is 6.07 Å². The quantitative estimate of drug-likeness (QED) is 0.829. The number of benzene rings is 1. The van der Waals surface area contributed by atoms with Crippen molar-refractivity contribution >= 4 is 40.1 Å². The first kappa shape index (κ1) is 13.3. The third kappa shape index (κ3) is 3.20. The van der Waals surface area contributed by atoms with E-state index in [9.17, 15) is 9.59 Å². The van der Waals surface area contributed by atoms with Crippen LogP contribution in [-0.2, 0) is 4.79 Å². The van der Waals surface area contributed by atoms with E-state index in [0.29, 0.717) is 5.69 Å². The Kier molecular flexibility index (Phi) is 3.97. The number of imide groups is 1. The number of hydrogen-bond acceptors (Lipinski definition) is 3. The molecular weight excluding hydrogens is 266 g/mol. The predicted octanol–water partition coefficient (Wildman–Crippen LogP) is 2.51. The van der Waals surface area contributed by atoms with Crippen LogP contribution in [0, 0.1) is 0 Å². The Morgan fingerprint density at radius 2 is 2.05 bits per heavy atom. The zero-order valence-electron chi connectivity index (χ0n) is 10.2. The lowest BCUT2D eigenvalue weighted by molar-refractivity contribution is -0.119. The van der Waals surface area contributed by atoms with Gasteiger partial charge in [-0.15, -0.1) is 11.6 Å². The molecule has 3 amide bonds. The van der Waals surface area contributed by atoms with E-state index >= 15 is 0 Å². The number of rotatable bonds is 2. The van der Waals surface area contributed by atoms with Crippen LogP contribution in [0.4, 0.5) is 10.5 Å². The van der Waals surface area contributed by atoms with E-state index in [-0.39, 0.29) is 0 Å². The van der Waals surface area contributed by atoms with Gasteiger partial charge in [-0.2, -0.15) is 0 Å². The van der Waals surface area contributed by atoms with Crippen molar-refractivity contribution in [1.82, 2.24) is 10.3 Å². The Morgan fingerprint density at radius 1 is 1.26 bits per heavy atom. The summed E-state index contributed by atoms with van der Waals surface area (Å²) in [6.07, 6.45) is 1.67. The molecule has 0 aliphatic carbocycles. The van der Waals surface area contributed by atoms with E-state index in [4.69, 9.17) is 11.6 Å². The summed E-state index contributed by atoms with van der Waals surface area (Å²) in [5, 5.41) is 4.79. The Hall–Kier alpha value is -2.14. The summed E-state index contributed by atoms with van der Waals surface area (Å²) in [5.74, 6) is -0.544. The molecular formula is C13H12ClN3O2. The van der Waals surface area contributed by atoms with Crippen LogP contribution in [-0.4, -0.2) is 22.3 Å². The monoisotopic (exact) mass is 277 g/mol. The van der Waals surface area contributed by atoms with Gasteiger partial charge >= 0.3 is 6.03 Å². The summed E-state index contributed by atoms with van der Waals surface area (Å²) in [4.78, 5) is 27.1. The van der Waals surface area contributed by atoms with Crippen molar-refractivity contribution in [2.24, 2.45) is 0 Å². The lowest BCUT2D eigenvalue weighted by atomic mass is 10.2. The molecule has 0 aliphatic heterocycles. The standard InChI is InChI=1S/C13H12ClN3O2/c1-8(14)12(18)17-13(19)16-11-6-2-5-10-9(11)4-3-7-15-10/h2-8H,1H3,(H2,16,17,18,19). The largest absolute Gasteiger partial charge is 0.325 e. The smallest absolute Gasteiger partial charge is 0.307 e. The summed E-state index contributed by atoms with van der Waals surface area (Å²) >= 11 is 5.57. The number of hydrogen-bond donors (Lipinski definition) is 2. The van der Waals surface area contributed by atoms with Crippen molar-refractivity contribution in [3.8, 4) is 0 Å². The maximum atomic E-state index is 11.6. The molecule has 5 nitrogen and oxygen atoms in total. The molecule has 0 fully saturated rings.